The van der Waals surface area contributed by atoms with E-state index in [1.54, 1.807) is 14.2 Å². The molecule has 0 amide bonds. The molecule has 0 heterocycles. The second kappa shape index (κ2) is 10.6. The average molecular weight is 288 g/mol. The highest BCUT2D eigenvalue weighted by Crippen LogP contribution is 2.29. The van der Waals surface area contributed by atoms with E-state index in [2.05, 4.69) is 27.7 Å². The van der Waals surface area contributed by atoms with Crippen molar-refractivity contribution < 1.29 is 14.2 Å². The second-order valence-corrected chi connectivity index (χ2v) is 6.55. The van der Waals surface area contributed by atoms with Crippen LogP contribution >= 0.6 is 0 Å². The molecule has 0 aliphatic heterocycles. The predicted octanol–water partition coefficient (Wildman–Crippen LogP) is 4.15. The van der Waals surface area contributed by atoms with Gasteiger partial charge in [0, 0.05) is 21.3 Å². The van der Waals surface area contributed by atoms with Gasteiger partial charge in [0.2, 0.25) is 0 Å². The van der Waals surface area contributed by atoms with E-state index in [-0.39, 0.29) is 12.2 Å². The van der Waals surface area contributed by atoms with Gasteiger partial charge >= 0.3 is 0 Å². The first-order valence-electron chi connectivity index (χ1n) is 7.95. The Balaban J connectivity index is 0.000000361. The largest absolute Gasteiger partial charge is 0.381 e. The highest BCUT2D eigenvalue weighted by atomic mass is 16.5. The van der Waals surface area contributed by atoms with Crippen LogP contribution in [-0.2, 0) is 14.2 Å². The normalized spacial score (nSPS) is 29.6. The molecule has 3 nitrogen and oxygen atoms in total. The molecule has 122 valence electrons. The molecule has 5 atom stereocenters. The molecular weight excluding hydrogens is 252 g/mol. The summed E-state index contributed by atoms with van der Waals surface area (Å²) in [6, 6.07) is 0. The van der Waals surface area contributed by atoms with Crippen LogP contribution in [0.15, 0.2) is 0 Å². The number of rotatable bonds is 5. The average Bonchev–Trinajstić information content (AvgIpc) is 2.39. The van der Waals surface area contributed by atoms with Gasteiger partial charge in [-0.1, -0.05) is 27.7 Å². The van der Waals surface area contributed by atoms with Crippen molar-refractivity contribution in [2.75, 3.05) is 21.3 Å². The fourth-order valence-corrected chi connectivity index (χ4v) is 3.13. The topological polar surface area (TPSA) is 27.7 Å². The van der Waals surface area contributed by atoms with Crippen LogP contribution in [0.3, 0.4) is 0 Å². The van der Waals surface area contributed by atoms with Gasteiger partial charge in [-0.05, 0) is 43.9 Å². The SMILES string of the molecule is COC(C)C(OC)C(C)C.COC1CCC(C)CC1C. The van der Waals surface area contributed by atoms with E-state index >= 15 is 0 Å². The molecule has 1 rings (SSSR count). The van der Waals surface area contributed by atoms with Gasteiger partial charge in [0.1, 0.15) is 0 Å². The van der Waals surface area contributed by atoms with Crippen molar-refractivity contribution in [3.8, 4) is 0 Å². The Labute approximate surface area is 126 Å². The van der Waals surface area contributed by atoms with Crippen LogP contribution in [0, 0.1) is 17.8 Å². The third-order valence-corrected chi connectivity index (χ3v) is 4.42. The molecule has 0 aromatic heterocycles. The Bertz CT molecular complexity index is 230. The molecule has 1 saturated carbocycles. The minimum absolute atomic E-state index is 0.185. The van der Waals surface area contributed by atoms with Crippen LogP contribution < -0.4 is 0 Å². The Morgan fingerprint density at radius 1 is 0.900 bits per heavy atom. The van der Waals surface area contributed by atoms with Crippen LogP contribution in [0.1, 0.15) is 53.9 Å². The van der Waals surface area contributed by atoms with E-state index in [1.807, 2.05) is 14.0 Å². The fourth-order valence-electron chi connectivity index (χ4n) is 3.13. The fraction of sp³-hybridized carbons (Fsp3) is 1.00. The van der Waals surface area contributed by atoms with Crippen LogP contribution in [0.5, 0.6) is 0 Å². The molecule has 0 N–H and O–H groups in total. The predicted molar refractivity (Wildman–Crippen MR) is 85.1 cm³/mol. The van der Waals surface area contributed by atoms with Gasteiger partial charge in [-0.15, -0.1) is 0 Å². The van der Waals surface area contributed by atoms with Crippen molar-refractivity contribution in [1.29, 1.82) is 0 Å². The lowest BCUT2D eigenvalue weighted by atomic mass is 9.81. The maximum absolute atomic E-state index is 5.35. The first-order valence-corrected chi connectivity index (χ1v) is 7.95. The van der Waals surface area contributed by atoms with Gasteiger partial charge in [-0.3, -0.25) is 0 Å². The summed E-state index contributed by atoms with van der Waals surface area (Å²) >= 11 is 0. The van der Waals surface area contributed by atoms with Gasteiger partial charge in [-0.2, -0.15) is 0 Å². The molecule has 0 aromatic rings. The molecule has 1 aliphatic rings. The standard InChI is InChI=1S/C9H18O.C8H18O2/c1-7-4-5-9(10-3)8(2)6-7;1-6(2)8(10-5)7(3)9-4/h7-9H,4-6H2,1-3H3;6-8H,1-5H3. The van der Waals surface area contributed by atoms with Crippen molar-refractivity contribution in [2.24, 2.45) is 17.8 Å². The van der Waals surface area contributed by atoms with Gasteiger partial charge in [-0.25, -0.2) is 0 Å². The zero-order chi connectivity index (χ0) is 15.7. The summed E-state index contributed by atoms with van der Waals surface area (Å²) in [5, 5.41) is 0. The Kier molecular flexibility index (Phi) is 10.5. The summed E-state index contributed by atoms with van der Waals surface area (Å²) in [7, 11) is 5.26. The number of methoxy groups -OCH3 is 3. The lowest BCUT2D eigenvalue weighted by molar-refractivity contribution is -0.0487. The van der Waals surface area contributed by atoms with Crippen LogP contribution in [0.25, 0.3) is 0 Å². The van der Waals surface area contributed by atoms with E-state index in [4.69, 9.17) is 14.2 Å². The number of hydrogen-bond donors (Lipinski definition) is 0. The maximum Gasteiger partial charge on any atom is 0.0852 e. The highest BCUT2D eigenvalue weighted by Gasteiger charge is 2.24. The Morgan fingerprint density at radius 2 is 1.50 bits per heavy atom. The summed E-state index contributed by atoms with van der Waals surface area (Å²) in [5.74, 6) is 2.20. The van der Waals surface area contributed by atoms with E-state index < -0.39 is 0 Å². The van der Waals surface area contributed by atoms with Crippen LogP contribution in [0.2, 0.25) is 0 Å². The van der Waals surface area contributed by atoms with E-state index in [0.29, 0.717) is 12.0 Å². The molecule has 0 aromatic carbocycles. The summed E-state index contributed by atoms with van der Waals surface area (Å²) in [5.41, 5.74) is 0. The summed E-state index contributed by atoms with van der Waals surface area (Å²) < 4.78 is 15.7. The third kappa shape index (κ3) is 7.05. The van der Waals surface area contributed by atoms with Crippen molar-refractivity contribution in [3.05, 3.63) is 0 Å². The zero-order valence-electron chi connectivity index (χ0n) is 14.8. The van der Waals surface area contributed by atoms with Crippen LogP contribution in [-0.4, -0.2) is 39.6 Å². The smallest absolute Gasteiger partial charge is 0.0852 e. The molecule has 5 unspecified atom stereocenters. The molecule has 0 bridgehead atoms. The number of ether oxygens (including phenoxy) is 3. The second-order valence-electron chi connectivity index (χ2n) is 6.55. The molecule has 20 heavy (non-hydrogen) atoms. The van der Waals surface area contributed by atoms with Gasteiger partial charge in [0.15, 0.2) is 0 Å². The van der Waals surface area contributed by atoms with Gasteiger partial charge in [0.25, 0.3) is 0 Å². The zero-order valence-corrected chi connectivity index (χ0v) is 14.8. The first-order chi connectivity index (χ1) is 9.37. The van der Waals surface area contributed by atoms with Gasteiger partial charge < -0.3 is 14.2 Å². The molecule has 1 aliphatic carbocycles. The molecule has 1 fully saturated rings. The minimum Gasteiger partial charge on any atom is -0.381 e. The van der Waals surface area contributed by atoms with Crippen LogP contribution in [0.4, 0.5) is 0 Å². The Morgan fingerprint density at radius 3 is 1.80 bits per heavy atom. The van der Waals surface area contributed by atoms with Gasteiger partial charge in [0.05, 0.1) is 18.3 Å². The quantitative estimate of drug-likeness (QED) is 0.760. The Hall–Kier alpha value is -0.120. The summed E-state index contributed by atoms with van der Waals surface area (Å²) in [6.07, 6.45) is 4.89. The first kappa shape index (κ1) is 19.9. The molecular formula is C17H36O3. The van der Waals surface area contributed by atoms with Crippen molar-refractivity contribution in [1.82, 2.24) is 0 Å². The van der Waals surface area contributed by atoms with E-state index in [1.165, 1.54) is 19.3 Å². The van der Waals surface area contributed by atoms with E-state index in [9.17, 15) is 0 Å². The third-order valence-electron chi connectivity index (χ3n) is 4.42. The lowest BCUT2D eigenvalue weighted by Crippen LogP contribution is -2.31. The lowest BCUT2D eigenvalue weighted by Gasteiger charge is -2.31. The highest BCUT2D eigenvalue weighted by molar-refractivity contribution is 4.75. The molecule has 0 radical (unpaired) electrons. The van der Waals surface area contributed by atoms with E-state index in [0.717, 1.165) is 11.8 Å². The summed E-state index contributed by atoms with van der Waals surface area (Å²) in [6.45, 7) is 10.9. The molecule has 0 spiro atoms. The van der Waals surface area contributed by atoms with Crippen molar-refractivity contribution >= 4 is 0 Å². The molecule has 3 heteroatoms. The monoisotopic (exact) mass is 288 g/mol. The summed E-state index contributed by atoms with van der Waals surface area (Å²) in [4.78, 5) is 0. The van der Waals surface area contributed by atoms with Crippen molar-refractivity contribution in [2.45, 2.75) is 72.2 Å². The minimum atomic E-state index is 0.185. The van der Waals surface area contributed by atoms with Crippen molar-refractivity contribution in [3.63, 3.8) is 0 Å². The maximum atomic E-state index is 5.35. The number of hydrogen-bond acceptors (Lipinski definition) is 3. The molecule has 0 saturated heterocycles.